The minimum atomic E-state index is -1.04. The van der Waals surface area contributed by atoms with E-state index in [1.807, 2.05) is 0 Å². The Morgan fingerprint density at radius 3 is 2.88 bits per heavy atom. The Kier molecular flexibility index (Phi) is 4.19. The standard InChI is InChI=1S/C9H8ClFN2O3/c10-8-6(3-5(11)4-13-8)9(16)12-2-1-7(14)15/h3-4H,1-2H2,(H,12,16)(H,14,15). The number of carbonyl (C=O) groups is 2. The summed E-state index contributed by atoms with van der Waals surface area (Å²) in [5, 5.41) is 10.5. The number of amides is 1. The summed E-state index contributed by atoms with van der Waals surface area (Å²) < 4.78 is 12.8. The number of carboxylic acids is 1. The van der Waals surface area contributed by atoms with Crippen LogP contribution in [0.5, 0.6) is 0 Å². The first-order valence-electron chi connectivity index (χ1n) is 4.31. The number of aromatic nitrogens is 1. The normalized spacial score (nSPS) is 9.88. The highest BCUT2D eigenvalue weighted by molar-refractivity contribution is 6.32. The molecule has 0 saturated heterocycles. The predicted molar refractivity (Wildman–Crippen MR) is 53.8 cm³/mol. The fraction of sp³-hybridized carbons (Fsp3) is 0.222. The highest BCUT2D eigenvalue weighted by Crippen LogP contribution is 2.13. The molecule has 0 spiro atoms. The van der Waals surface area contributed by atoms with Gasteiger partial charge in [0.2, 0.25) is 0 Å². The quantitative estimate of drug-likeness (QED) is 0.779. The Hall–Kier alpha value is -1.69. The van der Waals surface area contributed by atoms with Crippen LogP contribution in [-0.2, 0) is 4.79 Å². The summed E-state index contributed by atoms with van der Waals surface area (Å²) >= 11 is 5.58. The van der Waals surface area contributed by atoms with E-state index in [1.54, 1.807) is 0 Å². The summed E-state index contributed by atoms with van der Waals surface area (Å²) in [5.74, 6) is -2.38. The molecule has 86 valence electrons. The largest absolute Gasteiger partial charge is 0.481 e. The van der Waals surface area contributed by atoms with Gasteiger partial charge in [-0.25, -0.2) is 9.37 Å². The lowest BCUT2D eigenvalue weighted by atomic mass is 10.2. The van der Waals surface area contributed by atoms with Crippen LogP contribution < -0.4 is 5.32 Å². The number of carboxylic acid groups (broad SMARTS) is 1. The molecule has 1 aromatic rings. The molecular weight excluding hydrogens is 239 g/mol. The van der Waals surface area contributed by atoms with Crippen molar-refractivity contribution in [2.75, 3.05) is 6.54 Å². The first-order chi connectivity index (χ1) is 7.50. The Balaban J connectivity index is 2.65. The van der Waals surface area contributed by atoms with Gasteiger partial charge in [-0.05, 0) is 6.07 Å². The molecule has 0 aliphatic heterocycles. The molecule has 1 aromatic heterocycles. The lowest BCUT2D eigenvalue weighted by molar-refractivity contribution is -0.136. The van der Waals surface area contributed by atoms with Crippen molar-refractivity contribution in [2.24, 2.45) is 0 Å². The maximum absolute atomic E-state index is 12.8. The van der Waals surface area contributed by atoms with Gasteiger partial charge in [0, 0.05) is 6.54 Å². The Labute approximate surface area is 95.2 Å². The lowest BCUT2D eigenvalue weighted by Gasteiger charge is -2.04. The van der Waals surface area contributed by atoms with Crippen molar-refractivity contribution in [3.05, 3.63) is 28.8 Å². The maximum Gasteiger partial charge on any atom is 0.305 e. The highest BCUT2D eigenvalue weighted by atomic mass is 35.5. The number of carbonyl (C=O) groups excluding carboxylic acids is 1. The van der Waals surface area contributed by atoms with Gasteiger partial charge in [-0.1, -0.05) is 11.6 Å². The third-order valence-electron chi connectivity index (χ3n) is 1.67. The van der Waals surface area contributed by atoms with E-state index in [0.717, 1.165) is 12.3 Å². The lowest BCUT2D eigenvalue weighted by Crippen LogP contribution is -2.26. The first-order valence-corrected chi connectivity index (χ1v) is 4.69. The second kappa shape index (κ2) is 5.41. The van der Waals surface area contributed by atoms with Crippen LogP contribution in [0.2, 0.25) is 5.15 Å². The molecule has 5 nitrogen and oxygen atoms in total. The van der Waals surface area contributed by atoms with Gasteiger partial charge < -0.3 is 10.4 Å². The third-order valence-corrected chi connectivity index (χ3v) is 1.98. The molecule has 1 heterocycles. The highest BCUT2D eigenvalue weighted by Gasteiger charge is 2.12. The third kappa shape index (κ3) is 3.47. The zero-order valence-electron chi connectivity index (χ0n) is 8.04. The van der Waals surface area contributed by atoms with Crippen LogP contribution in [0.25, 0.3) is 0 Å². The molecule has 0 fully saturated rings. The van der Waals surface area contributed by atoms with Crippen LogP contribution in [0.3, 0.4) is 0 Å². The number of aliphatic carboxylic acids is 1. The zero-order chi connectivity index (χ0) is 12.1. The van der Waals surface area contributed by atoms with Gasteiger partial charge in [0.15, 0.2) is 0 Å². The van der Waals surface area contributed by atoms with Crippen LogP contribution in [-0.4, -0.2) is 28.5 Å². The van der Waals surface area contributed by atoms with Gasteiger partial charge in [-0.2, -0.15) is 0 Å². The molecule has 7 heteroatoms. The van der Waals surface area contributed by atoms with Crippen molar-refractivity contribution in [3.8, 4) is 0 Å². The minimum absolute atomic E-state index is 0.0546. The van der Waals surface area contributed by atoms with Gasteiger partial charge in [0.25, 0.3) is 5.91 Å². The molecule has 0 aromatic carbocycles. The van der Waals surface area contributed by atoms with E-state index in [9.17, 15) is 14.0 Å². The molecular formula is C9H8ClFN2O3. The fourth-order valence-corrected chi connectivity index (χ4v) is 1.15. The van der Waals surface area contributed by atoms with Gasteiger partial charge in [0.05, 0.1) is 18.2 Å². The Morgan fingerprint density at radius 1 is 1.56 bits per heavy atom. The van der Waals surface area contributed by atoms with Crippen LogP contribution in [0.15, 0.2) is 12.3 Å². The van der Waals surface area contributed by atoms with Crippen molar-refractivity contribution in [2.45, 2.75) is 6.42 Å². The van der Waals surface area contributed by atoms with E-state index in [4.69, 9.17) is 16.7 Å². The SMILES string of the molecule is O=C(O)CCNC(=O)c1cc(F)cnc1Cl. The van der Waals surface area contributed by atoms with E-state index in [1.165, 1.54) is 0 Å². The van der Waals surface area contributed by atoms with E-state index >= 15 is 0 Å². The van der Waals surface area contributed by atoms with Gasteiger partial charge in [-0.15, -0.1) is 0 Å². The average Bonchev–Trinajstić information content (AvgIpc) is 2.21. The van der Waals surface area contributed by atoms with Gasteiger partial charge in [0.1, 0.15) is 11.0 Å². The molecule has 16 heavy (non-hydrogen) atoms. The summed E-state index contributed by atoms with van der Waals surface area (Å²) in [4.78, 5) is 25.0. The number of nitrogens with one attached hydrogen (secondary N) is 1. The van der Waals surface area contributed by atoms with E-state index < -0.39 is 17.7 Å². The number of hydrogen-bond donors (Lipinski definition) is 2. The summed E-state index contributed by atoms with van der Waals surface area (Å²) in [6.07, 6.45) is 0.669. The fourth-order valence-electron chi connectivity index (χ4n) is 0.960. The van der Waals surface area contributed by atoms with E-state index in [0.29, 0.717) is 0 Å². The van der Waals surface area contributed by atoms with Crippen LogP contribution in [0.4, 0.5) is 4.39 Å². The zero-order valence-corrected chi connectivity index (χ0v) is 8.79. The van der Waals surface area contributed by atoms with Crippen molar-refractivity contribution < 1.29 is 19.1 Å². The van der Waals surface area contributed by atoms with Crippen LogP contribution in [0.1, 0.15) is 16.8 Å². The molecule has 0 aliphatic carbocycles. The van der Waals surface area contributed by atoms with Crippen molar-refractivity contribution in [1.82, 2.24) is 10.3 Å². The van der Waals surface area contributed by atoms with Crippen molar-refractivity contribution in [3.63, 3.8) is 0 Å². The van der Waals surface area contributed by atoms with E-state index in [-0.39, 0.29) is 23.7 Å². The van der Waals surface area contributed by atoms with Crippen LogP contribution in [0, 0.1) is 5.82 Å². The number of rotatable bonds is 4. The van der Waals surface area contributed by atoms with E-state index in [2.05, 4.69) is 10.3 Å². The summed E-state index contributed by atoms with van der Waals surface area (Å²) in [6.45, 7) is -0.0546. The van der Waals surface area contributed by atoms with Crippen molar-refractivity contribution in [1.29, 1.82) is 0 Å². The topological polar surface area (TPSA) is 79.3 Å². The number of halogens is 2. The molecule has 0 radical (unpaired) electrons. The first kappa shape index (κ1) is 12.4. The van der Waals surface area contributed by atoms with Crippen LogP contribution >= 0.6 is 11.6 Å². The number of nitrogens with zero attached hydrogens (tertiary/aromatic N) is 1. The Bertz CT molecular complexity index is 425. The molecule has 1 rings (SSSR count). The maximum atomic E-state index is 12.8. The monoisotopic (exact) mass is 246 g/mol. The summed E-state index contributed by atoms with van der Waals surface area (Å²) in [7, 11) is 0. The molecule has 0 aliphatic rings. The second-order valence-corrected chi connectivity index (χ2v) is 3.25. The number of hydrogen-bond acceptors (Lipinski definition) is 3. The summed E-state index contributed by atoms with van der Waals surface area (Å²) in [5.41, 5.74) is -0.118. The molecule has 0 bridgehead atoms. The van der Waals surface area contributed by atoms with Gasteiger partial charge >= 0.3 is 5.97 Å². The Morgan fingerprint density at radius 2 is 2.25 bits per heavy atom. The minimum Gasteiger partial charge on any atom is -0.481 e. The molecule has 0 atom stereocenters. The molecule has 1 amide bonds. The smallest absolute Gasteiger partial charge is 0.305 e. The molecule has 0 unspecified atom stereocenters. The summed E-state index contributed by atoms with van der Waals surface area (Å²) in [6, 6.07) is 0.936. The molecule has 2 N–H and O–H groups in total. The number of pyridine rings is 1. The van der Waals surface area contributed by atoms with Gasteiger partial charge in [-0.3, -0.25) is 9.59 Å². The second-order valence-electron chi connectivity index (χ2n) is 2.89. The van der Waals surface area contributed by atoms with Crippen molar-refractivity contribution >= 4 is 23.5 Å². The predicted octanol–water partition coefficient (Wildman–Crippen LogP) is 1.08. The average molecular weight is 247 g/mol. The molecule has 0 saturated carbocycles.